The number of benzene rings is 2. The van der Waals surface area contributed by atoms with Crippen LogP contribution in [0.4, 0.5) is 0 Å². The first-order chi connectivity index (χ1) is 13.9. The van der Waals surface area contributed by atoms with Crippen molar-refractivity contribution in [3.8, 4) is 0 Å². The molecule has 0 N–H and O–H groups in total. The highest BCUT2D eigenvalue weighted by molar-refractivity contribution is 7.89. The monoisotopic (exact) mass is 416 g/mol. The summed E-state index contributed by atoms with van der Waals surface area (Å²) in [5.41, 5.74) is 3.26. The number of rotatable bonds is 7. The van der Waals surface area contributed by atoms with Crippen LogP contribution in [0.25, 0.3) is 0 Å². The van der Waals surface area contributed by atoms with Crippen molar-refractivity contribution in [2.75, 3.05) is 33.4 Å². The zero-order valence-electron chi connectivity index (χ0n) is 17.0. The molecule has 0 radical (unpaired) electrons. The van der Waals surface area contributed by atoms with Gasteiger partial charge in [-0.05, 0) is 42.2 Å². The van der Waals surface area contributed by atoms with E-state index >= 15 is 0 Å². The smallest absolute Gasteiger partial charge is 0.243 e. The molecule has 7 heteroatoms. The Balaban J connectivity index is 1.55. The van der Waals surface area contributed by atoms with Crippen LogP contribution in [0.5, 0.6) is 0 Å². The van der Waals surface area contributed by atoms with Gasteiger partial charge in [0, 0.05) is 33.1 Å². The van der Waals surface area contributed by atoms with Gasteiger partial charge in [-0.25, -0.2) is 8.42 Å². The highest BCUT2D eigenvalue weighted by Crippen LogP contribution is 2.18. The van der Waals surface area contributed by atoms with Crippen molar-refractivity contribution in [2.45, 2.75) is 31.2 Å². The van der Waals surface area contributed by atoms with Crippen molar-refractivity contribution in [1.82, 2.24) is 9.21 Å². The lowest BCUT2D eigenvalue weighted by molar-refractivity contribution is -0.130. The summed E-state index contributed by atoms with van der Waals surface area (Å²) in [6.45, 7) is 4.24. The molecule has 1 amide bonds. The number of sulfonamides is 1. The van der Waals surface area contributed by atoms with Crippen molar-refractivity contribution in [3.63, 3.8) is 0 Å². The quantitative estimate of drug-likeness (QED) is 0.696. The van der Waals surface area contributed by atoms with Crippen LogP contribution in [0.1, 0.15) is 23.1 Å². The third kappa shape index (κ3) is 5.44. The summed E-state index contributed by atoms with van der Waals surface area (Å²) in [4.78, 5) is 14.5. The normalized spacial score (nSPS) is 15.2. The van der Waals surface area contributed by atoms with Crippen LogP contribution in [0, 0.1) is 6.92 Å². The van der Waals surface area contributed by atoms with Gasteiger partial charge in [-0.2, -0.15) is 4.31 Å². The zero-order chi connectivity index (χ0) is 20.9. The molecule has 156 valence electrons. The lowest BCUT2D eigenvalue weighted by Crippen LogP contribution is -2.40. The van der Waals surface area contributed by atoms with Crippen LogP contribution in [-0.2, 0) is 32.5 Å². The molecule has 1 aliphatic rings. The minimum absolute atomic E-state index is 0.0678. The molecular formula is C22H28N2O4S. The number of nitrogens with zero attached hydrogens (tertiary/aromatic N) is 2. The molecule has 0 aliphatic carbocycles. The van der Waals surface area contributed by atoms with Crippen LogP contribution in [0.15, 0.2) is 53.4 Å². The fraction of sp³-hybridized carbons (Fsp3) is 0.409. The van der Waals surface area contributed by atoms with E-state index in [1.807, 2.05) is 38.2 Å². The molecule has 29 heavy (non-hydrogen) atoms. The number of carbonyl (C=O) groups excluding carboxylic acids is 1. The highest BCUT2D eigenvalue weighted by atomic mass is 32.2. The summed E-state index contributed by atoms with van der Waals surface area (Å²) in [5, 5.41) is 0. The topological polar surface area (TPSA) is 66.9 Å². The van der Waals surface area contributed by atoms with E-state index < -0.39 is 10.0 Å². The van der Waals surface area contributed by atoms with Gasteiger partial charge in [-0.1, -0.05) is 36.4 Å². The SMILES string of the molecule is Cc1ccccc1CN(C)C(=O)CCc1ccc(S(=O)(=O)N2CCOCC2)cc1. The standard InChI is InChI=1S/C22H28N2O4S/c1-18-5-3-4-6-20(18)17-23(2)22(25)12-9-19-7-10-21(11-8-19)29(26,27)24-13-15-28-16-14-24/h3-8,10-11H,9,12-17H2,1-2H3. The van der Waals surface area contributed by atoms with Crippen LogP contribution in [0.3, 0.4) is 0 Å². The molecule has 3 rings (SSSR count). The van der Waals surface area contributed by atoms with Gasteiger partial charge >= 0.3 is 0 Å². The lowest BCUT2D eigenvalue weighted by Gasteiger charge is -2.26. The Labute approximate surface area is 173 Å². The molecule has 0 aromatic heterocycles. The van der Waals surface area contributed by atoms with E-state index in [0.717, 1.165) is 11.1 Å². The maximum atomic E-state index is 12.7. The molecule has 1 fully saturated rings. The van der Waals surface area contributed by atoms with Crippen molar-refractivity contribution >= 4 is 15.9 Å². The molecule has 2 aromatic rings. The van der Waals surface area contributed by atoms with E-state index in [9.17, 15) is 13.2 Å². The minimum atomic E-state index is -3.48. The largest absolute Gasteiger partial charge is 0.379 e. The summed E-state index contributed by atoms with van der Waals surface area (Å²) in [7, 11) is -1.67. The second-order valence-corrected chi connectivity index (χ2v) is 9.27. The van der Waals surface area contributed by atoms with Gasteiger partial charge in [0.25, 0.3) is 0 Å². The molecule has 0 atom stereocenters. The lowest BCUT2D eigenvalue weighted by atomic mass is 10.1. The molecule has 1 aliphatic heterocycles. The molecule has 0 bridgehead atoms. The van der Waals surface area contributed by atoms with Crippen molar-refractivity contribution in [2.24, 2.45) is 0 Å². The summed E-state index contributed by atoms with van der Waals surface area (Å²) in [5.74, 6) is 0.0678. The summed E-state index contributed by atoms with van der Waals surface area (Å²) < 4.78 is 32.0. The molecule has 1 saturated heterocycles. The summed E-state index contributed by atoms with van der Waals surface area (Å²) >= 11 is 0. The molecule has 1 heterocycles. The molecular weight excluding hydrogens is 388 g/mol. The van der Waals surface area contributed by atoms with Gasteiger partial charge in [-0.15, -0.1) is 0 Å². The predicted octanol–water partition coefficient (Wildman–Crippen LogP) is 2.61. The zero-order valence-corrected chi connectivity index (χ0v) is 17.8. The molecule has 0 unspecified atom stereocenters. The summed E-state index contributed by atoms with van der Waals surface area (Å²) in [6.07, 6.45) is 0.965. The molecule has 2 aromatic carbocycles. The number of aryl methyl sites for hydroxylation is 2. The van der Waals surface area contributed by atoms with E-state index in [-0.39, 0.29) is 10.8 Å². The third-order valence-corrected chi connectivity index (χ3v) is 7.17. The number of ether oxygens (including phenoxy) is 1. The van der Waals surface area contributed by atoms with Gasteiger partial charge < -0.3 is 9.64 Å². The van der Waals surface area contributed by atoms with E-state index in [1.54, 1.807) is 29.2 Å². The Morgan fingerprint density at radius 1 is 1.07 bits per heavy atom. The average Bonchev–Trinajstić information content (AvgIpc) is 2.74. The van der Waals surface area contributed by atoms with E-state index in [1.165, 1.54) is 9.87 Å². The van der Waals surface area contributed by atoms with Crippen LogP contribution in [-0.4, -0.2) is 56.9 Å². The molecule has 0 saturated carbocycles. The average molecular weight is 417 g/mol. The van der Waals surface area contributed by atoms with Gasteiger partial charge in [0.1, 0.15) is 0 Å². The second-order valence-electron chi connectivity index (χ2n) is 7.34. The fourth-order valence-electron chi connectivity index (χ4n) is 3.34. The maximum absolute atomic E-state index is 12.7. The highest BCUT2D eigenvalue weighted by Gasteiger charge is 2.26. The Kier molecular flexibility index (Phi) is 7.05. The first kappa shape index (κ1) is 21.5. The second kappa shape index (κ2) is 9.52. The maximum Gasteiger partial charge on any atom is 0.243 e. The van der Waals surface area contributed by atoms with E-state index in [4.69, 9.17) is 4.74 Å². The van der Waals surface area contributed by atoms with Crippen molar-refractivity contribution < 1.29 is 17.9 Å². The Morgan fingerprint density at radius 2 is 1.72 bits per heavy atom. The Hall–Kier alpha value is -2.22. The molecule has 6 nitrogen and oxygen atoms in total. The first-order valence-electron chi connectivity index (χ1n) is 9.83. The van der Waals surface area contributed by atoms with Crippen LogP contribution >= 0.6 is 0 Å². The Bertz CT molecular complexity index is 936. The number of hydrogen-bond acceptors (Lipinski definition) is 4. The number of morpholine rings is 1. The van der Waals surface area contributed by atoms with Crippen molar-refractivity contribution in [1.29, 1.82) is 0 Å². The van der Waals surface area contributed by atoms with Gasteiger partial charge in [-0.3, -0.25) is 4.79 Å². The molecule has 0 spiro atoms. The number of carbonyl (C=O) groups is 1. The van der Waals surface area contributed by atoms with E-state index in [0.29, 0.717) is 45.7 Å². The van der Waals surface area contributed by atoms with Crippen LogP contribution in [0.2, 0.25) is 0 Å². The number of hydrogen-bond donors (Lipinski definition) is 0. The minimum Gasteiger partial charge on any atom is -0.379 e. The summed E-state index contributed by atoms with van der Waals surface area (Å²) in [6, 6.07) is 14.9. The Morgan fingerprint density at radius 3 is 2.38 bits per heavy atom. The van der Waals surface area contributed by atoms with E-state index in [2.05, 4.69) is 0 Å². The van der Waals surface area contributed by atoms with Crippen molar-refractivity contribution in [3.05, 3.63) is 65.2 Å². The number of amides is 1. The van der Waals surface area contributed by atoms with Gasteiger partial charge in [0.2, 0.25) is 15.9 Å². The van der Waals surface area contributed by atoms with Gasteiger partial charge in [0.15, 0.2) is 0 Å². The predicted molar refractivity (Wildman–Crippen MR) is 112 cm³/mol. The van der Waals surface area contributed by atoms with Gasteiger partial charge in [0.05, 0.1) is 18.1 Å². The third-order valence-electron chi connectivity index (χ3n) is 5.25. The fourth-order valence-corrected chi connectivity index (χ4v) is 4.75. The first-order valence-corrected chi connectivity index (χ1v) is 11.3. The van der Waals surface area contributed by atoms with Crippen LogP contribution < -0.4 is 0 Å².